The van der Waals surface area contributed by atoms with Gasteiger partial charge in [0, 0.05) is 29.3 Å². The number of hydrogen-bond acceptors (Lipinski definition) is 4. The normalized spacial score (nSPS) is 32.6. The van der Waals surface area contributed by atoms with Crippen molar-refractivity contribution >= 4 is 12.6 Å². The van der Waals surface area contributed by atoms with Gasteiger partial charge in [0.25, 0.3) is 0 Å². The highest BCUT2D eigenvalue weighted by Crippen LogP contribution is 2.66. The van der Waals surface area contributed by atoms with Crippen LogP contribution in [-0.2, 0) is 5.41 Å². The SMILES string of the molecule is N#CCC1=C2[C@@H]3C[C@]3(c3cc(F)ccc3F)CN2C(S)N1. The second-order valence-electron chi connectivity index (χ2n) is 5.88. The Morgan fingerprint density at radius 3 is 3.05 bits per heavy atom. The van der Waals surface area contributed by atoms with Gasteiger partial charge < -0.3 is 10.2 Å². The first-order valence-electron chi connectivity index (χ1n) is 6.83. The number of nitriles is 1. The molecule has 2 aliphatic heterocycles. The van der Waals surface area contributed by atoms with E-state index in [1.54, 1.807) is 0 Å². The molecule has 1 saturated heterocycles. The molecule has 0 bridgehead atoms. The fourth-order valence-corrected chi connectivity index (χ4v) is 4.18. The number of allylic oxidation sites excluding steroid dienone is 2. The molecule has 1 unspecified atom stereocenters. The summed E-state index contributed by atoms with van der Waals surface area (Å²) in [6.45, 7) is 0.615. The zero-order valence-electron chi connectivity index (χ0n) is 11.1. The maximum absolute atomic E-state index is 14.1. The average Bonchev–Trinajstić information content (AvgIpc) is 2.94. The van der Waals surface area contributed by atoms with Gasteiger partial charge in [0.2, 0.25) is 0 Å². The number of fused-ring (bicyclic) bond motifs is 3. The molecule has 108 valence electrons. The number of piperidine rings is 1. The second-order valence-corrected chi connectivity index (χ2v) is 6.37. The molecule has 21 heavy (non-hydrogen) atoms. The van der Waals surface area contributed by atoms with Crippen LogP contribution in [0.5, 0.6) is 0 Å². The summed E-state index contributed by atoms with van der Waals surface area (Å²) < 4.78 is 27.6. The minimum absolute atomic E-state index is 0.154. The van der Waals surface area contributed by atoms with Gasteiger partial charge in [-0.3, -0.25) is 0 Å². The molecular weight excluding hydrogens is 292 g/mol. The molecule has 4 rings (SSSR count). The molecule has 2 heterocycles. The molecule has 1 aromatic rings. The van der Waals surface area contributed by atoms with E-state index < -0.39 is 5.82 Å². The summed E-state index contributed by atoms with van der Waals surface area (Å²) in [6, 6.07) is 5.79. The van der Waals surface area contributed by atoms with Crippen molar-refractivity contribution in [3.05, 3.63) is 46.8 Å². The molecule has 1 saturated carbocycles. The maximum atomic E-state index is 14.1. The molecular formula is C15H13F2N3S. The molecule has 2 fully saturated rings. The van der Waals surface area contributed by atoms with Gasteiger partial charge in [0.1, 0.15) is 17.1 Å². The first-order valence-corrected chi connectivity index (χ1v) is 7.35. The van der Waals surface area contributed by atoms with Gasteiger partial charge in [0.15, 0.2) is 0 Å². The van der Waals surface area contributed by atoms with E-state index >= 15 is 0 Å². The lowest BCUT2D eigenvalue weighted by molar-refractivity contribution is 0.337. The third kappa shape index (κ3) is 1.64. The van der Waals surface area contributed by atoms with Crippen LogP contribution in [0.1, 0.15) is 18.4 Å². The predicted octanol–water partition coefficient (Wildman–Crippen LogP) is 2.48. The van der Waals surface area contributed by atoms with E-state index in [-0.39, 0.29) is 22.6 Å². The molecule has 3 atom stereocenters. The van der Waals surface area contributed by atoms with Crippen molar-refractivity contribution in [2.75, 3.05) is 6.54 Å². The average molecular weight is 305 g/mol. The van der Waals surface area contributed by atoms with Crippen LogP contribution >= 0.6 is 12.6 Å². The van der Waals surface area contributed by atoms with E-state index in [0.717, 1.165) is 23.9 Å². The maximum Gasteiger partial charge on any atom is 0.145 e. The summed E-state index contributed by atoms with van der Waals surface area (Å²) in [5.41, 5.74) is 1.83. The van der Waals surface area contributed by atoms with Crippen LogP contribution in [0.25, 0.3) is 0 Å². The lowest BCUT2D eigenvalue weighted by Gasteiger charge is -2.24. The molecule has 3 aliphatic rings. The molecule has 1 aliphatic carbocycles. The minimum Gasteiger partial charge on any atom is -0.358 e. The largest absolute Gasteiger partial charge is 0.358 e. The molecule has 0 amide bonds. The Balaban J connectivity index is 1.77. The third-order valence-corrected chi connectivity index (χ3v) is 5.20. The van der Waals surface area contributed by atoms with Crippen LogP contribution in [0.2, 0.25) is 0 Å². The van der Waals surface area contributed by atoms with Crippen LogP contribution in [0, 0.1) is 28.9 Å². The van der Waals surface area contributed by atoms with Crippen molar-refractivity contribution in [1.82, 2.24) is 10.2 Å². The monoisotopic (exact) mass is 305 g/mol. The van der Waals surface area contributed by atoms with Gasteiger partial charge in [0.05, 0.1) is 12.5 Å². The Morgan fingerprint density at radius 2 is 2.29 bits per heavy atom. The first kappa shape index (κ1) is 13.0. The molecule has 0 aromatic heterocycles. The van der Waals surface area contributed by atoms with Crippen LogP contribution in [0.15, 0.2) is 29.6 Å². The summed E-state index contributed by atoms with van der Waals surface area (Å²) >= 11 is 4.47. The van der Waals surface area contributed by atoms with E-state index in [0.29, 0.717) is 18.5 Å². The van der Waals surface area contributed by atoms with Crippen molar-refractivity contribution in [1.29, 1.82) is 5.26 Å². The highest BCUT2D eigenvalue weighted by molar-refractivity contribution is 7.80. The van der Waals surface area contributed by atoms with E-state index in [1.807, 2.05) is 0 Å². The lowest BCUT2D eigenvalue weighted by Crippen LogP contribution is -2.35. The van der Waals surface area contributed by atoms with Crippen molar-refractivity contribution in [2.24, 2.45) is 5.92 Å². The van der Waals surface area contributed by atoms with Crippen LogP contribution < -0.4 is 5.32 Å². The molecule has 3 nitrogen and oxygen atoms in total. The van der Waals surface area contributed by atoms with Crippen LogP contribution in [-0.4, -0.2) is 16.9 Å². The lowest BCUT2D eigenvalue weighted by atomic mass is 9.93. The summed E-state index contributed by atoms with van der Waals surface area (Å²) in [4.78, 5) is 2.06. The van der Waals surface area contributed by atoms with Gasteiger partial charge >= 0.3 is 0 Å². The Hall–Kier alpha value is -1.74. The van der Waals surface area contributed by atoms with Crippen molar-refractivity contribution < 1.29 is 8.78 Å². The van der Waals surface area contributed by atoms with E-state index in [9.17, 15) is 8.78 Å². The smallest absolute Gasteiger partial charge is 0.145 e. The van der Waals surface area contributed by atoms with E-state index in [1.165, 1.54) is 12.1 Å². The summed E-state index contributed by atoms with van der Waals surface area (Å²) in [7, 11) is 0. The Bertz CT molecular complexity index is 711. The topological polar surface area (TPSA) is 39.1 Å². The number of rotatable bonds is 2. The van der Waals surface area contributed by atoms with Gasteiger partial charge in [-0.15, -0.1) is 12.6 Å². The van der Waals surface area contributed by atoms with Crippen LogP contribution in [0.4, 0.5) is 8.78 Å². The van der Waals surface area contributed by atoms with Crippen molar-refractivity contribution in [2.45, 2.75) is 23.8 Å². The number of thiol groups is 1. The van der Waals surface area contributed by atoms with Crippen molar-refractivity contribution in [3.63, 3.8) is 0 Å². The summed E-state index contributed by atoms with van der Waals surface area (Å²) in [6.07, 6.45) is 1.09. The van der Waals surface area contributed by atoms with E-state index in [2.05, 4.69) is 28.9 Å². The van der Waals surface area contributed by atoms with Gasteiger partial charge in [-0.05, 0) is 30.2 Å². The molecule has 1 N–H and O–H groups in total. The standard InChI is InChI=1S/C15H13F2N3S/c16-8-1-2-11(17)9(5-8)15-6-10(15)13-12(3-4-18)19-14(21)20(13)7-15/h1-2,5,10,14,19,21H,3,6-7H2/t10-,14?,15+/m0/s1. The van der Waals surface area contributed by atoms with Gasteiger partial charge in [-0.25, -0.2) is 8.78 Å². The quantitative estimate of drug-likeness (QED) is 0.825. The summed E-state index contributed by atoms with van der Waals surface area (Å²) in [5, 5.41) is 12.1. The molecule has 1 aromatic carbocycles. The number of nitrogens with one attached hydrogen (secondary N) is 1. The van der Waals surface area contributed by atoms with Gasteiger partial charge in [-0.2, -0.15) is 5.26 Å². The number of hydrogen-bond donors (Lipinski definition) is 2. The Kier molecular flexibility index (Phi) is 2.55. The van der Waals surface area contributed by atoms with Crippen molar-refractivity contribution in [3.8, 4) is 6.07 Å². The Morgan fingerprint density at radius 1 is 1.48 bits per heavy atom. The van der Waals surface area contributed by atoms with E-state index in [4.69, 9.17) is 5.26 Å². The highest BCUT2D eigenvalue weighted by Gasteiger charge is 2.67. The number of nitrogens with zero attached hydrogens (tertiary/aromatic N) is 2. The third-order valence-electron chi connectivity index (χ3n) is 4.80. The highest BCUT2D eigenvalue weighted by atomic mass is 32.1. The number of halogens is 2. The zero-order valence-corrected chi connectivity index (χ0v) is 12.0. The Labute approximate surface area is 126 Å². The number of benzene rings is 1. The minimum atomic E-state index is -0.412. The summed E-state index contributed by atoms with van der Waals surface area (Å²) in [5.74, 6) is -0.613. The first-order chi connectivity index (χ1) is 10.1. The molecule has 0 radical (unpaired) electrons. The zero-order chi connectivity index (χ0) is 14.8. The fourth-order valence-electron chi connectivity index (χ4n) is 3.82. The second kappa shape index (κ2) is 4.14. The van der Waals surface area contributed by atoms with Gasteiger partial charge in [-0.1, -0.05) is 0 Å². The molecule has 6 heteroatoms. The fraction of sp³-hybridized carbons (Fsp3) is 0.400. The van der Waals surface area contributed by atoms with Crippen LogP contribution in [0.3, 0.4) is 0 Å². The predicted molar refractivity (Wildman–Crippen MR) is 76.0 cm³/mol. The molecule has 0 spiro atoms.